The summed E-state index contributed by atoms with van der Waals surface area (Å²) in [5.41, 5.74) is 0.838. The van der Waals surface area contributed by atoms with Gasteiger partial charge in [0, 0.05) is 29.6 Å². The molecule has 0 unspecified atom stereocenters. The van der Waals surface area contributed by atoms with E-state index in [9.17, 15) is 5.11 Å². The third-order valence-corrected chi connectivity index (χ3v) is 2.76. The highest BCUT2D eigenvalue weighted by atomic mass is 79.9. The first-order valence-electron chi connectivity index (χ1n) is 5.19. The highest BCUT2D eigenvalue weighted by Crippen LogP contribution is 2.14. The minimum absolute atomic E-state index is 0.415. The first-order valence-corrected chi connectivity index (χ1v) is 5.98. The fraction of sp³-hybridized carbons (Fsp3) is 0.167. The molecule has 2 rings (SSSR count). The number of pyridine rings is 2. The Morgan fingerprint density at radius 1 is 1.24 bits per heavy atom. The van der Waals surface area contributed by atoms with Crippen LogP contribution in [0.3, 0.4) is 0 Å². The lowest BCUT2D eigenvalue weighted by atomic mass is 10.1. The molecule has 0 saturated carbocycles. The first kappa shape index (κ1) is 12.0. The van der Waals surface area contributed by atoms with Gasteiger partial charge in [-0.25, -0.2) is 4.98 Å². The second kappa shape index (κ2) is 5.75. The molecule has 2 N–H and O–H groups in total. The summed E-state index contributed by atoms with van der Waals surface area (Å²) in [7, 11) is 0. The van der Waals surface area contributed by atoms with Gasteiger partial charge >= 0.3 is 0 Å². The number of aliphatic hydroxyl groups is 1. The third kappa shape index (κ3) is 3.51. The number of anilines is 1. The zero-order valence-corrected chi connectivity index (χ0v) is 10.6. The second-order valence-electron chi connectivity index (χ2n) is 3.54. The van der Waals surface area contributed by atoms with Gasteiger partial charge in [-0.3, -0.25) is 4.98 Å². The monoisotopic (exact) mass is 293 g/mol. The van der Waals surface area contributed by atoms with E-state index in [2.05, 4.69) is 31.2 Å². The Bertz CT molecular complexity index is 461. The van der Waals surface area contributed by atoms with Crippen molar-refractivity contribution in [3.8, 4) is 0 Å². The molecule has 0 fully saturated rings. The molecule has 0 radical (unpaired) electrons. The number of nitrogens with one attached hydrogen (secondary N) is 1. The van der Waals surface area contributed by atoms with Crippen LogP contribution in [0.15, 0.2) is 47.3 Å². The summed E-state index contributed by atoms with van der Waals surface area (Å²) in [5, 5.41) is 13.0. The molecule has 0 aliphatic carbocycles. The summed E-state index contributed by atoms with van der Waals surface area (Å²) in [6.45, 7) is 0.415. The molecule has 1 atom stereocenters. The summed E-state index contributed by atoms with van der Waals surface area (Å²) in [6.07, 6.45) is 4.47. The van der Waals surface area contributed by atoms with Crippen molar-refractivity contribution in [3.63, 3.8) is 0 Å². The molecule has 4 nitrogen and oxygen atoms in total. The fourth-order valence-corrected chi connectivity index (χ4v) is 1.62. The number of aliphatic hydroxyl groups excluding tert-OH is 1. The van der Waals surface area contributed by atoms with Crippen molar-refractivity contribution in [1.29, 1.82) is 0 Å². The number of aromatic nitrogens is 2. The summed E-state index contributed by atoms with van der Waals surface area (Å²) >= 11 is 3.32. The molecule has 0 spiro atoms. The van der Waals surface area contributed by atoms with E-state index in [1.54, 1.807) is 30.7 Å². The predicted molar refractivity (Wildman–Crippen MR) is 69.6 cm³/mol. The van der Waals surface area contributed by atoms with Gasteiger partial charge in [0.25, 0.3) is 0 Å². The van der Waals surface area contributed by atoms with E-state index in [4.69, 9.17) is 0 Å². The van der Waals surface area contributed by atoms with Crippen molar-refractivity contribution in [2.75, 3.05) is 11.9 Å². The second-order valence-corrected chi connectivity index (χ2v) is 4.45. The highest BCUT2D eigenvalue weighted by molar-refractivity contribution is 9.10. The minimum atomic E-state index is -0.566. The van der Waals surface area contributed by atoms with Crippen LogP contribution in [0.2, 0.25) is 0 Å². The lowest BCUT2D eigenvalue weighted by Crippen LogP contribution is -2.12. The smallest absolute Gasteiger partial charge is 0.126 e. The predicted octanol–water partition coefficient (Wildman–Crippen LogP) is 2.38. The van der Waals surface area contributed by atoms with Gasteiger partial charge in [0.2, 0.25) is 0 Å². The van der Waals surface area contributed by atoms with Crippen LogP contribution < -0.4 is 5.32 Å². The lowest BCUT2D eigenvalue weighted by molar-refractivity contribution is 0.191. The van der Waals surface area contributed by atoms with Crippen molar-refractivity contribution in [3.05, 3.63) is 52.9 Å². The number of rotatable bonds is 4. The van der Waals surface area contributed by atoms with Crippen LogP contribution in [0.4, 0.5) is 5.82 Å². The van der Waals surface area contributed by atoms with Crippen molar-refractivity contribution in [1.82, 2.24) is 9.97 Å². The lowest BCUT2D eigenvalue weighted by Gasteiger charge is -2.12. The van der Waals surface area contributed by atoms with Gasteiger partial charge in [0.1, 0.15) is 5.82 Å². The Hall–Kier alpha value is -1.46. The number of hydrogen-bond acceptors (Lipinski definition) is 4. The Labute approximate surface area is 108 Å². The fourth-order valence-electron chi connectivity index (χ4n) is 1.39. The summed E-state index contributed by atoms with van der Waals surface area (Å²) in [5.74, 6) is 0.737. The Kier molecular flexibility index (Phi) is 4.06. The van der Waals surface area contributed by atoms with Gasteiger partial charge in [-0.15, -0.1) is 0 Å². The van der Waals surface area contributed by atoms with E-state index in [1.807, 2.05) is 12.1 Å². The van der Waals surface area contributed by atoms with Gasteiger partial charge in [-0.05, 0) is 45.8 Å². The van der Waals surface area contributed by atoms with Crippen molar-refractivity contribution in [2.45, 2.75) is 6.10 Å². The maximum absolute atomic E-state index is 9.91. The third-order valence-electron chi connectivity index (χ3n) is 2.29. The maximum atomic E-state index is 9.91. The van der Waals surface area contributed by atoms with Crippen LogP contribution in [0.25, 0.3) is 0 Å². The van der Waals surface area contributed by atoms with E-state index >= 15 is 0 Å². The maximum Gasteiger partial charge on any atom is 0.126 e. The van der Waals surface area contributed by atoms with E-state index in [1.165, 1.54) is 0 Å². The van der Waals surface area contributed by atoms with E-state index in [0.29, 0.717) is 6.54 Å². The quantitative estimate of drug-likeness (QED) is 0.909. The largest absolute Gasteiger partial charge is 0.387 e. The van der Waals surface area contributed by atoms with Crippen LogP contribution in [0.5, 0.6) is 0 Å². The molecule has 0 saturated heterocycles. The van der Waals surface area contributed by atoms with Crippen molar-refractivity contribution in [2.24, 2.45) is 0 Å². The molecule has 2 aromatic rings. The SMILES string of the molecule is O[C@H](CNc1ccc(Br)cn1)c1ccncc1. The van der Waals surface area contributed by atoms with E-state index in [0.717, 1.165) is 15.9 Å². The molecule has 2 aromatic heterocycles. The Balaban J connectivity index is 1.92. The van der Waals surface area contributed by atoms with Crippen LogP contribution in [0.1, 0.15) is 11.7 Å². The van der Waals surface area contributed by atoms with Crippen LogP contribution >= 0.6 is 15.9 Å². The molecule has 0 aliphatic rings. The summed E-state index contributed by atoms with van der Waals surface area (Å²) in [4.78, 5) is 8.07. The van der Waals surface area contributed by atoms with Gasteiger partial charge < -0.3 is 10.4 Å². The topological polar surface area (TPSA) is 58.0 Å². The average molecular weight is 294 g/mol. The number of nitrogens with zero attached hydrogens (tertiary/aromatic N) is 2. The molecule has 5 heteroatoms. The number of halogens is 1. The highest BCUT2D eigenvalue weighted by Gasteiger charge is 2.06. The standard InChI is InChI=1S/C12H12BrN3O/c13-10-1-2-12(15-7-10)16-8-11(17)9-3-5-14-6-4-9/h1-7,11,17H,8H2,(H,15,16)/t11-/m1/s1. The molecule has 0 aliphatic heterocycles. The zero-order valence-electron chi connectivity index (χ0n) is 9.05. The zero-order chi connectivity index (χ0) is 12.1. The van der Waals surface area contributed by atoms with Gasteiger partial charge in [-0.2, -0.15) is 0 Å². The normalized spacial score (nSPS) is 12.1. The molecular weight excluding hydrogens is 282 g/mol. The molecule has 0 bridgehead atoms. The Morgan fingerprint density at radius 3 is 2.65 bits per heavy atom. The molecule has 2 heterocycles. The van der Waals surface area contributed by atoms with E-state index in [-0.39, 0.29) is 0 Å². The Morgan fingerprint density at radius 2 is 2.00 bits per heavy atom. The van der Waals surface area contributed by atoms with Crippen molar-refractivity contribution < 1.29 is 5.11 Å². The van der Waals surface area contributed by atoms with Crippen LogP contribution in [-0.4, -0.2) is 21.6 Å². The van der Waals surface area contributed by atoms with Crippen molar-refractivity contribution >= 4 is 21.7 Å². The van der Waals surface area contributed by atoms with Gasteiger partial charge in [0.15, 0.2) is 0 Å². The average Bonchev–Trinajstić information content (AvgIpc) is 2.39. The molecule has 0 aromatic carbocycles. The van der Waals surface area contributed by atoms with E-state index < -0.39 is 6.10 Å². The molecule has 0 amide bonds. The molecule has 17 heavy (non-hydrogen) atoms. The summed E-state index contributed by atoms with van der Waals surface area (Å²) < 4.78 is 0.928. The van der Waals surface area contributed by atoms with Crippen LogP contribution in [-0.2, 0) is 0 Å². The number of hydrogen-bond donors (Lipinski definition) is 2. The molecular formula is C12H12BrN3O. The minimum Gasteiger partial charge on any atom is -0.387 e. The summed E-state index contributed by atoms with van der Waals surface area (Å²) in [6, 6.07) is 7.33. The molecule has 88 valence electrons. The first-order chi connectivity index (χ1) is 8.25. The van der Waals surface area contributed by atoms with Gasteiger partial charge in [0.05, 0.1) is 6.10 Å². The van der Waals surface area contributed by atoms with Crippen LogP contribution in [0, 0.1) is 0 Å². The van der Waals surface area contributed by atoms with Gasteiger partial charge in [-0.1, -0.05) is 0 Å².